The highest BCUT2D eigenvalue weighted by atomic mass is 16.3. The van der Waals surface area contributed by atoms with E-state index in [0.29, 0.717) is 5.69 Å². The van der Waals surface area contributed by atoms with Gasteiger partial charge in [0, 0.05) is 45.1 Å². The second kappa shape index (κ2) is 7.21. The molecule has 1 saturated heterocycles. The summed E-state index contributed by atoms with van der Waals surface area (Å²) < 4.78 is 0. The lowest BCUT2D eigenvalue weighted by molar-refractivity contribution is 0.0958. The second-order valence-corrected chi connectivity index (χ2v) is 4.88. The summed E-state index contributed by atoms with van der Waals surface area (Å²) in [5.41, 5.74) is 1.48. The van der Waals surface area contributed by atoms with Crippen molar-refractivity contribution in [3.05, 3.63) is 24.0 Å². The number of amides is 1. The molecule has 1 fully saturated rings. The van der Waals surface area contributed by atoms with Crippen molar-refractivity contribution in [2.45, 2.75) is 6.42 Å². The molecule has 0 bridgehead atoms. The van der Waals surface area contributed by atoms with Gasteiger partial charge in [-0.25, -0.2) is 0 Å². The first-order chi connectivity index (χ1) is 9.74. The molecule has 0 unspecified atom stereocenters. The average molecular weight is 278 g/mol. The molecule has 0 atom stereocenters. The van der Waals surface area contributed by atoms with Gasteiger partial charge in [0.15, 0.2) is 0 Å². The number of carbonyl (C=O) groups excluding carboxylic acids is 1. The molecule has 2 N–H and O–H groups in total. The van der Waals surface area contributed by atoms with Crippen LogP contribution in [0.25, 0.3) is 0 Å². The van der Waals surface area contributed by atoms with Crippen LogP contribution in [0.3, 0.4) is 0 Å². The summed E-state index contributed by atoms with van der Waals surface area (Å²) in [5, 5.41) is 11.6. The first-order valence-electron chi connectivity index (χ1n) is 7.01. The number of aliphatic hydroxyl groups excluding tert-OH is 1. The van der Waals surface area contributed by atoms with E-state index in [1.165, 1.54) is 0 Å². The van der Waals surface area contributed by atoms with E-state index in [1.807, 2.05) is 12.1 Å². The Morgan fingerprint density at radius 2 is 2.25 bits per heavy atom. The summed E-state index contributed by atoms with van der Waals surface area (Å²) in [4.78, 5) is 20.3. The molecule has 2 heterocycles. The van der Waals surface area contributed by atoms with Gasteiger partial charge in [0.2, 0.25) is 0 Å². The third-order valence-corrected chi connectivity index (χ3v) is 3.57. The van der Waals surface area contributed by atoms with Gasteiger partial charge in [0.25, 0.3) is 5.91 Å². The molecule has 0 aromatic carbocycles. The molecular formula is C14H22N4O2. The molecule has 0 aliphatic carbocycles. The van der Waals surface area contributed by atoms with E-state index in [9.17, 15) is 4.79 Å². The van der Waals surface area contributed by atoms with Gasteiger partial charge in [-0.3, -0.25) is 14.7 Å². The Labute approximate surface area is 119 Å². The molecule has 6 heteroatoms. The van der Waals surface area contributed by atoms with Gasteiger partial charge in [-0.15, -0.1) is 0 Å². The van der Waals surface area contributed by atoms with E-state index in [-0.39, 0.29) is 12.5 Å². The summed E-state index contributed by atoms with van der Waals surface area (Å²) >= 11 is 0. The molecule has 20 heavy (non-hydrogen) atoms. The number of aliphatic hydroxyl groups is 1. The Hall–Kier alpha value is -1.66. The van der Waals surface area contributed by atoms with Crippen LogP contribution in [0.5, 0.6) is 0 Å². The molecular weight excluding hydrogens is 256 g/mol. The Morgan fingerprint density at radius 1 is 1.40 bits per heavy atom. The largest absolute Gasteiger partial charge is 0.395 e. The Bertz CT molecular complexity index is 453. The van der Waals surface area contributed by atoms with Crippen molar-refractivity contribution in [3.63, 3.8) is 0 Å². The van der Waals surface area contributed by atoms with E-state index < -0.39 is 0 Å². The zero-order chi connectivity index (χ0) is 14.4. The molecule has 1 aliphatic heterocycles. The third kappa shape index (κ3) is 3.68. The molecule has 1 aromatic heterocycles. The van der Waals surface area contributed by atoms with E-state index in [4.69, 9.17) is 5.11 Å². The number of hydrogen-bond donors (Lipinski definition) is 2. The zero-order valence-electron chi connectivity index (χ0n) is 11.9. The maximum absolute atomic E-state index is 11.6. The zero-order valence-corrected chi connectivity index (χ0v) is 11.9. The minimum absolute atomic E-state index is 0.163. The van der Waals surface area contributed by atoms with Crippen LogP contribution in [0, 0.1) is 0 Å². The van der Waals surface area contributed by atoms with Crippen molar-refractivity contribution in [3.8, 4) is 0 Å². The number of aromatic nitrogens is 1. The molecule has 6 nitrogen and oxygen atoms in total. The fraction of sp³-hybridized carbons (Fsp3) is 0.571. The minimum Gasteiger partial charge on any atom is -0.395 e. The predicted molar refractivity (Wildman–Crippen MR) is 78.0 cm³/mol. The fourth-order valence-electron chi connectivity index (χ4n) is 2.46. The summed E-state index contributed by atoms with van der Waals surface area (Å²) in [7, 11) is 1.61. The van der Waals surface area contributed by atoms with E-state index in [0.717, 1.165) is 44.8 Å². The van der Waals surface area contributed by atoms with Gasteiger partial charge in [0.1, 0.15) is 5.69 Å². The first-order valence-corrected chi connectivity index (χ1v) is 7.01. The quantitative estimate of drug-likeness (QED) is 0.808. The van der Waals surface area contributed by atoms with Gasteiger partial charge in [0.05, 0.1) is 6.61 Å². The topological polar surface area (TPSA) is 68.7 Å². The van der Waals surface area contributed by atoms with E-state index in [1.54, 1.807) is 13.2 Å². The molecule has 2 rings (SSSR count). The van der Waals surface area contributed by atoms with Gasteiger partial charge in [-0.1, -0.05) is 0 Å². The van der Waals surface area contributed by atoms with Crippen LogP contribution in [0.15, 0.2) is 18.3 Å². The molecule has 1 aromatic rings. The smallest absolute Gasteiger partial charge is 0.269 e. The Kier molecular flexibility index (Phi) is 5.31. The van der Waals surface area contributed by atoms with Crippen molar-refractivity contribution in [1.29, 1.82) is 0 Å². The maximum atomic E-state index is 11.6. The molecule has 0 spiro atoms. The lowest BCUT2D eigenvalue weighted by atomic mass is 10.2. The number of nitrogens with one attached hydrogen (secondary N) is 1. The van der Waals surface area contributed by atoms with Crippen molar-refractivity contribution >= 4 is 11.6 Å². The predicted octanol–water partition coefficient (Wildman–Crippen LogP) is -0.0544. The van der Waals surface area contributed by atoms with Crippen LogP contribution in [0.2, 0.25) is 0 Å². The van der Waals surface area contributed by atoms with Crippen LogP contribution < -0.4 is 10.2 Å². The second-order valence-electron chi connectivity index (χ2n) is 4.88. The van der Waals surface area contributed by atoms with Gasteiger partial charge in [-0.2, -0.15) is 0 Å². The third-order valence-electron chi connectivity index (χ3n) is 3.57. The highest BCUT2D eigenvalue weighted by molar-refractivity contribution is 5.92. The highest BCUT2D eigenvalue weighted by Crippen LogP contribution is 2.17. The van der Waals surface area contributed by atoms with Crippen LogP contribution in [-0.2, 0) is 0 Å². The summed E-state index contributed by atoms with van der Waals surface area (Å²) in [6.07, 6.45) is 2.73. The normalized spacial score (nSPS) is 16.8. The van der Waals surface area contributed by atoms with Gasteiger partial charge in [-0.05, 0) is 25.1 Å². The maximum Gasteiger partial charge on any atom is 0.269 e. The van der Waals surface area contributed by atoms with E-state index in [2.05, 4.69) is 20.1 Å². The molecule has 0 radical (unpaired) electrons. The van der Waals surface area contributed by atoms with Crippen LogP contribution >= 0.6 is 0 Å². The lowest BCUT2D eigenvalue weighted by Crippen LogP contribution is -2.32. The number of rotatable bonds is 4. The Morgan fingerprint density at radius 3 is 3.00 bits per heavy atom. The SMILES string of the molecule is CNC(=O)c1cc(N2CCCN(CCO)CC2)ccn1. The van der Waals surface area contributed by atoms with Crippen molar-refractivity contribution < 1.29 is 9.90 Å². The number of hydrogen-bond acceptors (Lipinski definition) is 5. The molecule has 110 valence electrons. The minimum atomic E-state index is -0.163. The number of pyridine rings is 1. The van der Waals surface area contributed by atoms with Gasteiger partial charge >= 0.3 is 0 Å². The fourth-order valence-corrected chi connectivity index (χ4v) is 2.46. The molecule has 1 amide bonds. The summed E-state index contributed by atoms with van der Waals surface area (Å²) in [6.45, 7) is 4.72. The van der Waals surface area contributed by atoms with E-state index >= 15 is 0 Å². The van der Waals surface area contributed by atoms with Crippen LogP contribution in [0.4, 0.5) is 5.69 Å². The number of nitrogens with zero attached hydrogens (tertiary/aromatic N) is 3. The van der Waals surface area contributed by atoms with Crippen LogP contribution in [0.1, 0.15) is 16.9 Å². The first kappa shape index (κ1) is 14.7. The number of anilines is 1. The molecule has 1 aliphatic rings. The van der Waals surface area contributed by atoms with Crippen molar-refractivity contribution in [1.82, 2.24) is 15.2 Å². The highest BCUT2D eigenvalue weighted by Gasteiger charge is 2.16. The Balaban J connectivity index is 2.05. The number of β-amino-alcohol motifs (C(OH)–C–C–N with tert-alkyl or cyclic N) is 1. The monoisotopic (exact) mass is 278 g/mol. The van der Waals surface area contributed by atoms with Crippen LogP contribution in [-0.4, -0.2) is 67.3 Å². The summed E-state index contributed by atoms with van der Waals surface area (Å²) in [6, 6.07) is 3.77. The average Bonchev–Trinajstić information content (AvgIpc) is 2.73. The van der Waals surface area contributed by atoms with Gasteiger partial charge < -0.3 is 15.3 Å². The standard InChI is InChI=1S/C14H22N4O2/c1-15-14(20)13-11-12(3-4-16-13)18-6-2-5-17(7-8-18)9-10-19/h3-4,11,19H,2,5-10H2,1H3,(H,15,20). The lowest BCUT2D eigenvalue weighted by Gasteiger charge is -2.23. The van der Waals surface area contributed by atoms with Crippen molar-refractivity contribution in [2.75, 3.05) is 51.3 Å². The summed E-state index contributed by atoms with van der Waals surface area (Å²) in [5.74, 6) is -0.163. The number of carbonyl (C=O) groups is 1. The van der Waals surface area contributed by atoms with Crippen molar-refractivity contribution in [2.24, 2.45) is 0 Å². The molecule has 0 saturated carbocycles.